The Balaban J connectivity index is 2.11. The number of nitrogens with one attached hydrogen (secondary N) is 1. The van der Waals surface area contributed by atoms with Gasteiger partial charge in [0.05, 0.1) is 11.8 Å². The van der Waals surface area contributed by atoms with Gasteiger partial charge in [-0.3, -0.25) is 10.3 Å². The van der Waals surface area contributed by atoms with Crippen LogP contribution in [0.3, 0.4) is 0 Å². The number of hydrogen-bond donors (Lipinski definition) is 1. The number of rotatable bonds is 4. The molecule has 1 N–H and O–H groups in total. The van der Waals surface area contributed by atoms with Crippen LogP contribution in [0.15, 0.2) is 38.7 Å². The predicted molar refractivity (Wildman–Crippen MR) is 79.1 cm³/mol. The number of pyridine rings is 1. The van der Waals surface area contributed by atoms with Gasteiger partial charge < -0.3 is 0 Å². The fourth-order valence-electron chi connectivity index (χ4n) is 1.46. The highest BCUT2D eigenvalue weighted by atomic mass is 79.9. The molecule has 2 aromatic heterocycles. The molecule has 0 saturated carbocycles. The summed E-state index contributed by atoms with van der Waals surface area (Å²) < 4.78 is 1.70. The minimum Gasteiger partial charge on any atom is -0.292 e. The van der Waals surface area contributed by atoms with E-state index in [1.807, 2.05) is 23.6 Å². The number of nitriles is 1. The number of aromatic nitrogens is 1. The first-order valence-corrected chi connectivity index (χ1v) is 7.63. The van der Waals surface area contributed by atoms with E-state index in [0.29, 0.717) is 12.2 Å². The van der Waals surface area contributed by atoms with E-state index in [1.165, 1.54) is 4.88 Å². The van der Waals surface area contributed by atoms with Crippen LogP contribution in [0.1, 0.15) is 16.6 Å². The second-order valence-corrected chi connectivity index (χ2v) is 6.35. The van der Waals surface area contributed by atoms with Gasteiger partial charge in [0, 0.05) is 26.6 Å². The highest BCUT2D eigenvalue weighted by Crippen LogP contribution is 2.24. The Morgan fingerprint density at radius 2 is 2.33 bits per heavy atom. The van der Waals surface area contributed by atoms with Crippen molar-refractivity contribution >= 4 is 43.2 Å². The third kappa shape index (κ3) is 3.39. The Bertz CT molecular complexity index is 563. The van der Waals surface area contributed by atoms with Crippen LogP contribution in [0, 0.1) is 11.3 Å². The summed E-state index contributed by atoms with van der Waals surface area (Å²) in [6, 6.07) is 7.73. The monoisotopic (exact) mass is 385 g/mol. The minimum atomic E-state index is -0.422. The van der Waals surface area contributed by atoms with Crippen molar-refractivity contribution in [2.45, 2.75) is 12.6 Å². The number of thiophene rings is 1. The molecular formula is C12H9Br2N3S. The average molecular weight is 387 g/mol. The molecule has 0 aliphatic heterocycles. The number of halogens is 2. The molecule has 0 saturated heterocycles. The van der Waals surface area contributed by atoms with Crippen molar-refractivity contribution in [3.05, 3.63) is 49.3 Å². The van der Waals surface area contributed by atoms with Gasteiger partial charge in [-0.1, -0.05) is 6.07 Å². The molecule has 18 heavy (non-hydrogen) atoms. The van der Waals surface area contributed by atoms with Gasteiger partial charge >= 0.3 is 0 Å². The van der Waals surface area contributed by atoms with Gasteiger partial charge in [0.25, 0.3) is 0 Å². The molecule has 0 bridgehead atoms. The second-order valence-electron chi connectivity index (χ2n) is 3.54. The summed E-state index contributed by atoms with van der Waals surface area (Å²) in [5.74, 6) is 0. The largest absolute Gasteiger partial charge is 0.292 e. The normalized spacial score (nSPS) is 12.1. The molecule has 1 atom stereocenters. The van der Waals surface area contributed by atoms with E-state index in [-0.39, 0.29) is 0 Å². The van der Waals surface area contributed by atoms with Crippen LogP contribution in [0.4, 0.5) is 0 Å². The molecular weight excluding hydrogens is 378 g/mol. The lowest BCUT2D eigenvalue weighted by atomic mass is 10.2. The molecule has 92 valence electrons. The fraction of sp³-hybridized carbons (Fsp3) is 0.167. The molecule has 2 aromatic rings. The SMILES string of the molecule is N#CC(NCc1cccs1)c1ncc(Br)cc1Br. The summed E-state index contributed by atoms with van der Waals surface area (Å²) in [4.78, 5) is 5.47. The van der Waals surface area contributed by atoms with Crippen LogP contribution in [-0.4, -0.2) is 4.98 Å². The van der Waals surface area contributed by atoms with Gasteiger partial charge in [-0.2, -0.15) is 5.26 Å². The van der Waals surface area contributed by atoms with Crippen LogP contribution in [0.25, 0.3) is 0 Å². The summed E-state index contributed by atoms with van der Waals surface area (Å²) in [5, 5.41) is 14.4. The third-order valence-corrected chi connectivity index (χ3v) is 4.24. The van der Waals surface area contributed by atoms with Crippen LogP contribution in [-0.2, 0) is 6.54 Å². The van der Waals surface area contributed by atoms with E-state index < -0.39 is 6.04 Å². The maximum Gasteiger partial charge on any atom is 0.139 e. The lowest BCUT2D eigenvalue weighted by Gasteiger charge is -2.12. The first-order valence-electron chi connectivity index (χ1n) is 5.17. The molecule has 0 aliphatic carbocycles. The molecule has 3 nitrogen and oxygen atoms in total. The third-order valence-electron chi connectivity index (χ3n) is 2.30. The van der Waals surface area contributed by atoms with E-state index in [9.17, 15) is 5.26 Å². The smallest absolute Gasteiger partial charge is 0.139 e. The maximum atomic E-state index is 9.22. The van der Waals surface area contributed by atoms with Crippen molar-refractivity contribution in [3.63, 3.8) is 0 Å². The first-order chi connectivity index (χ1) is 8.70. The molecule has 6 heteroatoms. The van der Waals surface area contributed by atoms with Crippen molar-refractivity contribution in [3.8, 4) is 6.07 Å². The van der Waals surface area contributed by atoms with Crippen LogP contribution in [0.2, 0.25) is 0 Å². The summed E-state index contributed by atoms with van der Waals surface area (Å²) in [6.45, 7) is 0.667. The Labute approximate surface area is 126 Å². The van der Waals surface area contributed by atoms with E-state index in [2.05, 4.69) is 48.2 Å². The fourth-order valence-corrected chi connectivity index (χ4v) is 3.33. The predicted octanol–water partition coefficient (Wildman–Crippen LogP) is 4.02. The van der Waals surface area contributed by atoms with Crippen molar-refractivity contribution in [2.75, 3.05) is 0 Å². The molecule has 1 unspecified atom stereocenters. The van der Waals surface area contributed by atoms with Gasteiger partial charge in [-0.25, -0.2) is 0 Å². The molecule has 2 heterocycles. The molecule has 0 fully saturated rings. The second kappa shape index (κ2) is 6.43. The van der Waals surface area contributed by atoms with Gasteiger partial charge in [0.1, 0.15) is 6.04 Å². The Hall–Kier alpha value is -0.740. The average Bonchev–Trinajstić information content (AvgIpc) is 2.85. The Kier molecular flexibility index (Phi) is 4.89. The Morgan fingerprint density at radius 1 is 1.50 bits per heavy atom. The van der Waals surface area contributed by atoms with Crippen LogP contribution >= 0.6 is 43.2 Å². The van der Waals surface area contributed by atoms with E-state index in [4.69, 9.17) is 0 Å². The Morgan fingerprint density at radius 3 is 2.94 bits per heavy atom. The standard InChI is InChI=1S/C12H9Br2N3S/c13-8-4-10(14)12(17-6-8)11(5-15)16-7-9-2-1-3-18-9/h1-4,6,11,16H,7H2. The van der Waals surface area contributed by atoms with E-state index in [0.717, 1.165) is 8.95 Å². The summed E-state index contributed by atoms with van der Waals surface area (Å²) in [5.41, 5.74) is 0.706. The molecule has 0 spiro atoms. The number of nitrogens with zero attached hydrogens (tertiary/aromatic N) is 2. The van der Waals surface area contributed by atoms with Gasteiger partial charge in [0.2, 0.25) is 0 Å². The maximum absolute atomic E-state index is 9.22. The number of hydrogen-bond acceptors (Lipinski definition) is 4. The van der Waals surface area contributed by atoms with Crippen molar-refractivity contribution in [1.29, 1.82) is 5.26 Å². The minimum absolute atomic E-state index is 0.422. The lowest BCUT2D eigenvalue weighted by Crippen LogP contribution is -2.20. The molecule has 0 aromatic carbocycles. The zero-order valence-corrected chi connectivity index (χ0v) is 13.2. The molecule has 0 aliphatic rings. The van der Waals surface area contributed by atoms with Crippen molar-refractivity contribution in [2.24, 2.45) is 0 Å². The molecule has 2 rings (SSSR count). The van der Waals surface area contributed by atoms with E-state index in [1.54, 1.807) is 17.5 Å². The topological polar surface area (TPSA) is 48.7 Å². The zero-order chi connectivity index (χ0) is 13.0. The quantitative estimate of drug-likeness (QED) is 0.862. The first kappa shape index (κ1) is 13.7. The zero-order valence-electron chi connectivity index (χ0n) is 9.23. The van der Waals surface area contributed by atoms with Crippen molar-refractivity contribution < 1.29 is 0 Å². The lowest BCUT2D eigenvalue weighted by molar-refractivity contribution is 0.619. The highest BCUT2D eigenvalue weighted by Gasteiger charge is 2.15. The van der Waals surface area contributed by atoms with Gasteiger partial charge in [-0.15, -0.1) is 11.3 Å². The van der Waals surface area contributed by atoms with E-state index >= 15 is 0 Å². The summed E-state index contributed by atoms with van der Waals surface area (Å²) in [7, 11) is 0. The molecule has 0 amide bonds. The van der Waals surface area contributed by atoms with Gasteiger partial charge in [0.15, 0.2) is 0 Å². The van der Waals surface area contributed by atoms with Crippen molar-refractivity contribution in [1.82, 2.24) is 10.3 Å². The van der Waals surface area contributed by atoms with Gasteiger partial charge in [-0.05, 0) is 49.4 Å². The molecule has 0 radical (unpaired) electrons. The summed E-state index contributed by atoms with van der Waals surface area (Å²) in [6.07, 6.45) is 1.69. The highest BCUT2D eigenvalue weighted by molar-refractivity contribution is 9.11. The van der Waals surface area contributed by atoms with Crippen LogP contribution in [0.5, 0.6) is 0 Å². The van der Waals surface area contributed by atoms with Crippen LogP contribution < -0.4 is 5.32 Å². The summed E-state index contributed by atoms with van der Waals surface area (Å²) >= 11 is 8.44.